The zero-order valence-corrected chi connectivity index (χ0v) is 11.5. The van der Waals surface area contributed by atoms with Gasteiger partial charge in [0, 0.05) is 37.1 Å². The largest absolute Gasteiger partial charge is 0.364 e. The van der Waals surface area contributed by atoms with Crippen molar-refractivity contribution >= 4 is 5.91 Å². The number of aromatic amines is 1. The molecule has 1 aromatic heterocycles. The molecule has 1 fully saturated rings. The number of aromatic nitrogens is 1. The van der Waals surface area contributed by atoms with Gasteiger partial charge in [0.2, 0.25) is 0 Å². The molecule has 5 heteroatoms. The highest BCUT2D eigenvalue weighted by atomic mass is 16.2. The molecular formula is C14H21N3O2. The van der Waals surface area contributed by atoms with E-state index in [1.807, 2.05) is 0 Å². The van der Waals surface area contributed by atoms with E-state index in [0.29, 0.717) is 19.0 Å². The SMILES string of the molecule is Cc1cc(=O)c(C(=O)N2CCC(C)CC2CN)c[nH]1. The number of H-pyrrole nitrogens is 1. The number of nitrogens with one attached hydrogen (secondary N) is 1. The van der Waals surface area contributed by atoms with Crippen molar-refractivity contribution in [3.63, 3.8) is 0 Å². The number of carbonyl (C=O) groups is 1. The van der Waals surface area contributed by atoms with Crippen molar-refractivity contribution in [3.8, 4) is 0 Å². The maximum Gasteiger partial charge on any atom is 0.259 e. The molecule has 1 aliphatic rings. The predicted molar refractivity (Wildman–Crippen MR) is 74.1 cm³/mol. The number of hydrogen-bond donors (Lipinski definition) is 2. The second-order valence-electron chi connectivity index (χ2n) is 5.41. The van der Waals surface area contributed by atoms with Crippen LogP contribution in [0.1, 0.15) is 35.8 Å². The first-order valence-corrected chi connectivity index (χ1v) is 6.73. The van der Waals surface area contributed by atoms with E-state index in [-0.39, 0.29) is 22.9 Å². The van der Waals surface area contributed by atoms with Gasteiger partial charge < -0.3 is 15.6 Å². The first-order valence-electron chi connectivity index (χ1n) is 6.73. The quantitative estimate of drug-likeness (QED) is 0.831. The summed E-state index contributed by atoms with van der Waals surface area (Å²) in [6.45, 7) is 5.08. The second-order valence-corrected chi connectivity index (χ2v) is 5.41. The Hall–Kier alpha value is -1.62. The van der Waals surface area contributed by atoms with Crippen molar-refractivity contribution in [2.75, 3.05) is 13.1 Å². The lowest BCUT2D eigenvalue weighted by Gasteiger charge is -2.37. The molecule has 3 N–H and O–H groups in total. The first-order chi connectivity index (χ1) is 9.02. The lowest BCUT2D eigenvalue weighted by molar-refractivity contribution is 0.0572. The molecule has 2 rings (SSSR count). The Bertz CT molecular complexity index is 524. The van der Waals surface area contributed by atoms with Crippen LogP contribution in [0, 0.1) is 12.8 Å². The van der Waals surface area contributed by atoms with Crippen LogP contribution in [0.5, 0.6) is 0 Å². The van der Waals surface area contributed by atoms with Crippen LogP contribution in [0.4, 0.5) is 0 Å². The monoisotopic (exact) mass is 263 g/mol. The number of nitrogens with zero attached hydrogens (tertiary/aromatic N) is 1. The fourth-order valence-electron chi connectivity index (χ4n) is 2.64. The Morgan fingerprint density at radius 3 is 2.95 bits per heavy atom. The van der Waals surface area contributed by atoms with Gasteiger partial charge in [-0.05, 0) is 25.7 Å². The summed E-state index contributed by atoms with van der Waals surface area (Å²) in [7, 11) is 0. The van der Waals surface area contributed by atoms with Gasteiger partial charge in [-0.3, -0.25) is 9.59 Å². The maximum atomic E-state index is 12.5. The van der Waals surface area contributed by atoms with E-state index in [0.717, 1.165) is 18.5 Å². The van der Waals surface area contributed by atoms with Crippen LogP contribution >= 0.6 is 0 Å². The van der Waals surface area contributed by atoms with Crippen molar-refractivity contribution in [3.05, 3.63) is 33.7 Å². The van der Waals surface area contributed by atoms with E-state index in [2.05, 4.69) is 11.9 Å². The normalized spacial score (nSPS) is 23.4. The standard InChI is InChI=1S/C14H21N3O2/c1-9-3-4-17(11(5-9)7-15)14(19)12-8-16-10(2)6-13(12)18/h6,8-9,11H,3-5,7,15H2,1-2H3,(H,16,18). The number of likely N-dealkylation sites (tertiary alicyclic amines) is 1. The van der Waals surface area contributed by atoms with Crippen molar-refractivity contribution in [2.24, 2.45) is 11.7 Å². The molecule has 5 nitrogen and oxygen atoms in total. The Labute approximate surface area is 112 Å². The number of carbonyl (C=O) groups excluding carboxylic acids is 1. The Balaban J connectivity index is 2.25. The molecule has 2 heterocycles. The summed E-state index contributed by atoms with van der Waals surface area (Å²) in [5, 5.41) is 0. The average Bonchev–Trinajstić information content (AvgIpc) is 2.37. The summed E-state index contributed by atoms with van der Waals surface area (Å²) in [4.78, 5) is 29.0. The molecule has 2 atom stereocenters. The van der Waals surface area contributed by atoms with E-state index in [9.17, 15) is 9.59 Å². The summed E-state index contributed by atoms with van der Waals surface area (Å²) in [5.41, 5.74) is 6.49. The van der Waals surface area contributed by atoms with Crippen LogP contribution in [0.2, 0.25) is 0 Å². The molecule has 1 aliphatic heterocycles. The molecule has 1 saturated heterocycles. The number of pyridine rings is 1. The third-order valence-corrected chi connectivity index (χ3v) is 3.80. The molecule has 1 aromatic rings. The van der Waals surface area contributed by atoms with Crippen LogP contribution in [0.25, 0.3) is 0 Å². The lowest BCUT2D eigenvalue weighted by Crippen LogP contribution is -2.50. The Kier molecular flexibility index (Phi) is 4.04. The fraction of sp³-hybridized carbons (Fsp3) is 0.571. The first kappa shape index (κ1) is 13.8. The minimum Gasteiger partial charge on any atom is -0.364 e. The van der Waals surface area contributed by atoms with Crippen LogP contribution in [-0.2, 0) is 0 Å². The highest BCUT2D eigenvalue weighted by Crippen LogP contribution is 2.22. The molecule has 0 spiro atoms. The van der Waals surface area contributed by atoms with Crippen LogP contribution in [0.3, 0.4) is 0 Å². The number of aryl methyl sites for hydroxylation is 1. The molecule has 0 aliphatic carbocycles. The second kappa shape index (κ2) is 5.57. The van der Waals surface area contributed by atoms with Crippen molar-refractivity contribution in [1.29, 1.82) is 0 Å². The molecule has 1 amide bonds. The highest BCUT2D eigenvalue weighted by molar-refractivity contribution is 5.94. The van der Waals surface area contributed by atoms with E-state index < -0.39 is 0 Å². The summed E-state index contributed by atoms with van der Waals surface area (Å²) >= 11 is 0. The fourth-order valence-corrected chi connectivity index (χ4v) is 2.64. The van der Waals surface area contributed by atoms with Gasteiger partial charge in [-0.1, -0.05) is 6.92 Å². The molecule has 19 heavy (non-hydrogen) atoms. The van der Waals surface area contributed by atoms with Gasteiger partial charge in [0.25, 0.3) is 5.91 Å². The van der Waals surface area contributed by atoms with Crippen LogP contribution in [0.15, 0.2) is 17.1 Å². The maximum absolute atomic E-state index is 12.5. The molecular weight excluding hydrogens is 242 g/mol. The van der Waals surface area contributed by atoms with E-state index in [1.165, 1.54) is 12.3 Å². The van der Waals surface area contributed by atoms with E-state index in [1.54, 1.807) is 11.8 Å². The zero-order valence-electron chi connectivity index (χ0n) is 11.5. The Morgan fingerprint density at radius 2 is 2.32 bits per heavy atom. The average molecular weight is 263 g/mol. The summed E-state index contributed by atoms with van der Waals surface area (Å²) in [6, 6.07) is 1.49. The highest BCUT2D eigenvalue weighted by Gasteiger charge is 2.30. The Morgan fingerprint density at radius 1 is 1.58 bits per heavy atom. The van der Waals surface area contributed by atoms with Gasteiger partial charge in [0.15, 0.2) is 5.43 Å². The number of piperidine rings is 1. The summed E-state index contributed by atoms with van der Waals surface area (Å²) in [6.07, 6.45) is 3.38. The van der Waals surface area contributed by atoms with Gasteiger partial charge >= 0.3 is 0 Å². The van der Waals surface area contributed by atoms with Crippen LogP contribution < -0.4 is 11.2 Å². The van der Waals surface area contributed by atoms with Gasteiger partial charge in [0.05, 0.1) is 0 Å². The molecule has 0 saturated carbocycles. The summed E-state index contributed by atoms with van der Waals surface area (Å²) < 4.78 is 0. The molecule has 104 valence electrons. The van der Waals surface area contributed by atoms with E-state index >= 15 is 0 Å². The smallest absolute Gasteiger partial charge is 0.259 e. The summed E-state index contributed by atoms with van der Waals surface area (Å²) in [5.74, 6) is 0.373. The minimum absolute atomic E-state index is 0.0388. The molecule has 2 unspecified atom stereocenters. The van der Waals surface area contributed by atoms with Crippen molar-refractivity contribution < 1.29 is 4.79 Å². The topological polar surface area (TPSA) is 79.2 Å². The van der Waals surface area contributed by atoms with Crippen molar-refractivity contribution in [1.82, 2.24) is 9.88 Å². The van der Waals surface area contributed by atoms with Gasteiger partial charge in [-0.2, -0.15) is 0 Å². The number of nitrogens with two attached hydrogens (primary N) is 1. The molecule has 0 aromatic carbocycles. The number of hydrogen-bond acceptors (Lipinski definition) is 3. The number of amides is 1. The number of rotatable bonds is 2. The van der Waals surface area contributed by atoms with Gasteiger partial charge in [-0.25, -0.2) is 0 Å². The van der Waals surface area contributed by atoms with E-state index in [4.69, 9.17) is 5.73 Å². The van der Waals surface area contributed by atoms with Crippen LogP contribution in [-0.4, -0.2) is 34.9 Å². The third kappa shape index (κ3) is 2.87. The lowest BCUT2D eigenvalue weighted by atomic mass is 9.92. The van der Waals surface area contributed by atoms with Crippen molar-refractivity contribution in [2.45, 2.75) is 32.7 Å². The predicted octanol–water partition coefficient (Wildman–Crippen LogP) is 0.883. The minimum atomic E-state index is -0.226. The zero-order chi connectivity index (χ0) is 14.0. The molecule has 0 bridgehead atoms. The molecule has 0 radical (unpaired) electrons. The van der Waals surface area contributed by atoms with Gasteiger partial charge in [0.1, 0.15) is 5.56 Å². The third-order valence-electron chi connectivity index (χ3n) is 3.80. The van der Waals surface area contributed by atoms with Gasteiger partial charge in [-0.15, -0.1) is 0 Å².